The summed E-state index contributed by atoms with van der Waals surface area (Å²) in [7, 11) is 0. The molecule has 166 valence electrons. The highest BCUT2D eigenvalue weighted by Crippen LogP contribution is 2.26. The van der Waals surface area contributed by atoms with E-state index < -0.39 is 0 Å². The van der Waals surface area contributed by atoms with Crippen LogP contribution in [0.15, 0.2) is 60.9 Å². The van der Waals surface area contributed by atoms with Crippen LogP contribution < -0.4 is 10.6 Å². The number of fused-ring (bicyclic) bond motifs is 1. The molecule has 0 saturated heterocycles. The van der Waals surface area contributed by atoms with E-state index in [2.05, 4.69) is 30.6 Å². The van der Waals surface area contributed by atoms with Gasteiger partial charge < -0.3 is 15.6 Å². The topological polar surface area (TPSA) is 113 Å². The lowest BCUT2D eigenvalue weighted by Crippen LogP contribution is -2.25. The van der Waals surface area contributed by atoms with E-state index in [0.29, 0.717) is 23.0 Å². The molecule has 5 rings (SSSR count). The van der Waals surface area contributed by atoms with Gasteiger partial charge in [0, 0.05) is 29.4 Å². The van der Waals surface area contributed by atoms with Crippen LogP contribution >= 0.6 is 0 Å². The molecule has 1 aromatic carbocycles. The summed E-state index contributed by atoms with van der Waals surface area (Å²) in [6, 6.07) is 14.4. The second kappa shape index (κ2) is 9.20. The van der Waals surface area contributed by atoms with Gasteiger partial charge in [-0.25, -0.2) is 9.97 Å². The number of carbonyl (C=O) groups excluding carboxylic acids is 2. The van der Waals surface area contributed by atoms with E-state index in [0.717, 1.165) is 42.3 Å². The zero-order valence-corrected chi connectivity index (χ0v) is 18.0. The monoisotopic (exact) mass is 440 g/mol. The van der Waals surface area contributed by atoms with Gasteiger partial charge in [-0.3, -0.25) is 14.6 Å². The second-order valence-corrected chi connectivity index (χ2v) is 8.24. The summed E-state index contributed by atoms with van der Waals surface area (Å²) in [5, 5.41) is 5.78. The minimum Gasteiger partial charge on any atom is -0.337 e. The molecule has 3 heterocycles. The zero-order chi connectivity index (χ0) is 22.6. The number of nitrogens with one attached hydrogen (secondary N) is 3. The molecular weight excluding hydrogens is 416 g/mol. The Labute approximate surface area is 190 Å². The molecule has 33 heavy (non-hydrogen) atoms. The van der Waals surface area contributed by atoms with E-state index in [1.807, 2.05) is 24.3 Å². The molecule has 2 amide bonds. The summed E-state index contributed by atoms with van der Waals surface area (Å²) < 4.78 is 0. The Balaban J connectivity index is 1.28. The Morgan fingerprint density at radius 1 is 0.939 bits per heavy atom. The van der Waals surface area contributed by atoms with Crippen molar-refractivity contribution in [2.75, 3.05) is 10.6 Å². The van der Waals surface area contributed by atoms with Gasteiger partial charge >= 0.3 is 0 Å². The lowest BCUT2D eigenvalue weighted by atomic mass is 9.89. The predicted molar refractivity (Wildman–Crippen MR) is 127 cm³/mol. The molecule has 1 saturated carbocycles. The van der Waals surface area contributed by atoms with Gasteiger partial charge in [-0.05, 0) is 49.2 Å². The Kier molecular flexibility index (Phi) is 5.80. The molecule has 1 fully saturated rings. The molecule has 0 aliphatic heterocycles. The third-order valence-electron chi connectivity index (χ3n) is 5.91. The van der Waals surface area contributed by atoms with Crippen LogP contribution in [0.1, 0.15) is 42.6 Å². The van der Waals surface area contributed by atoms with Gasteiger partial charge in [0.15, 0.2) is 0 Å². The van der Waals surface area contributed by atoms with Gasteiger partial charge in [-0.15, -0.1) is 0 Å². The second-order valence-electron chi connectivity index (χ2n) is 8.24. The largest absolute Gasteiger partial charge is 0.337 e. The Hall–Kier alpha value is -4.07. The number of aromatic nitrogens is 4. The van der Waals surface area contributed by atoms with Crippen LogP contribution in [0.2, 0.25) is 0 Å². The van der Waals surface area contributed by atoms with Crippen LogP contribution in [0, 0.1) is 5.92 Å². The van der Waals surface area contributed by atoms with Crippen molar-refractivity contribution >= 4 is 34.4 Å². The number of aromatic amines is 1. The fourth-order valence-corrected chi connectivity index (χ4v) is 4.11. The number of H-pyrrole nitrogens is 1. The van der Waals surface area contributed by atoms with Gasteiger partial charge in [0.2, 0.25) is 5.91 Å². The Bertz CT molecular complexity index is 1280. The molecule has 1 aliphatic rings. The van der Waals surface area contributed by atoms with Crippen molar-refractivity contribution in [1.29, 1.82) is 0 Å². The molecule has 0 bridgehead atoms. The molecule has 3 aromatic heterocycles. The molecule has 0 radical (unpaired) electrons. The maximum atomic E-state index is 12.5. The number of amides is 2. The van der Waals surface area contributed by atoms with Gasteiger partial charge in [0.05, 0.1) is 17.2 Å². The zero-order valence-electron chi connectivity index (χ0n) is 18.0. The molecule has 0 atom stereocenters. The molecule has 8 nitrogen and oxygen atoms in total. The summed E-state index contributed by atoms with van der Waals surface area (Å²) in [6.07, 6.45) is 8.59. The maximum Gasteiger partial charge on any atom is 0.274 e. The SMILES string of the molecule is O=C(Nc1ccc(-c2nc3cc(NC(=O)C4CCCCC4)ncc3[nH]2)cc1)c1ccccn1. The van der Waals surface area contributed by atoms with Crippen molar-refractivity contribution in [3.8, 4) is 11.4 Å². The van der Waals surface area contributed by atoms with E-state index >= 15 is 0 Å². The number of carbonyl (C=O) groups is 2. The smallest absolute Gasteiger partial charge is 0.274 e. The highest BCUT2D eigenvalue weighted by molar-refractivity contribution is 6.02. The minimum atomic E-state index is -0.263. The molecule has 4 aromatic rings. The number of nitrogens with zero attached hydrogens (tertiary/aromatic N) is 3. The first-order chi connectivity index (χ1) is 16.2. The molecule has 0 unspecified atom stereocenters. The number of pyridine rings is 2. The summed E-state index contributed by atoms with van der Waals surface area (Å²) in [5.74, 6) is 1.05. The van der Waals surface area contributed by atoms with E-state index in [1.165, 1.54) is 6.42 Å². The fraction of sp³-hybridized carbons (Fsp3) is 0.240. The van der Waals surface area contributed by atoms with Gasteiger partial charge in [-0.1, -0.05) is 25.3 Å². The van der Waals surface area contributed by atoms with Crippen LogP contribution in [0.5, 0.6) is 0 Å². The van der Waals surface area contributed by atoms with Crippen LogP contribution in [0.25, 0.3) is 22.4 Å². The van der Waals surface area contributed by atoms with Crippen molar-refractivity contribution in [3.05, 3.63) is 66.6 Å². The van der Waals surface area contributed by atoms with Gasteiger partial charge in [0.25, 0.3) is 5.91 Å². The number of rotatable bonds is 5. The third-order valence-corrected chi connectivity index (χ3v) is 5.91. The molecule has 1 aliphatic carbocycles. The normalized spacial score (nSPS) is 14.2. The van der Waals surface area contributed by atoms with Crippen LogP contribution in [-0.4, -0.2) is 31.8 Å². The van der Waals surface area contributed by atoms with E-state index in [9.17, 15) is 9.59 Å². The van der Waals surface area contributed by atoms with Crippen molar-refractivity contribution in [2.24, 2.45) is 5.92 Å². The average Bonchev–Trinajstić information content (AvgIpc) is 3.29. The highest BCUT2D eigenvalue weighted by atomic mass is 16.2. The predicted octanol–water partition coefficient (Wildman–Crippen LogP) is 4.79. The lowest BCUT2D eigenvalue weighted by molar-refractivity contribution is -0.120. The number of hydrogen-bond acceptors (Lipinski definition) is 5. The summed E-state index contributed by atoms with van der Waals surface area (Å²) in [6.45, 7) is 0. The van der Waals surface area contributed by atoms with Crippen molar-refractivity contribution < 1.29 is 9.59 Å². The van der Waals surface area contributed by atoms with Crippen LogP contribution in [0.4, 0.5) is 11.5 Å². The third kappa shape index (κ3) is 4.74. The van der Waals surface area contributed by atoms with Crippen LogP contribution in [0.3, 0.4) is 0 Å². The minimum absolute atomic E-state index is 0.0423. The molecule has 8 heteroatoms. The number of imidazole rings is 1. The highest BCUT2D eigenvalue weighted by Gasteiger charge is 2.21. The van der Waals surface area contributed by atoms with E-state index in [1.54, 1.807) is 36.7 Å². The molecular formula is C25H24N6O2. The van der Waals surface area contributed by atoms with E-state index in [-0.39, 0.29) is 17.7 Å². The first kappa shape index (κ1) is 20.8. The Morgan fingerprint density at radius 3 is 2.52 bits per heavy atom. The number of benzene rings is 1. The number of anilines is 2. The van der Waals surface area contributed by atoms with Gasteiger partial charge in [-0.2, -0.15) is 0 Å². The summed E-state index contributed by atoms with van der Waals surface area (Å²) >= 11 is 0. The van der Waals surface area contributed by atoms with Crippen molar-refractivity contribution in [3.63, 3.8) is 0 Å². The van der Waals surface area contributed by atoms with Crippen molar-refractivity contribution in [2.45, 2.75) is 32.1 Å². The summed E-state index contributed by atoms with van der Waals surface area (Å²) in [5.41, 5.74) is 3.41. The number of hydrogen-bond donors (Lipinski definition) is 3. The van der Waals surface area contributed by atoms with Crippen LogP contribution in [-0.2, 0) is 4.79 Å². The Morgan fingerprint density at radius 2 is 1.76 bits per heavy atom. The molecule has 3 N–H and O–H groups in total. The quantitative estimate of drug-likeness (QED) is 0.413. The first-order valence-electron chi connectivity index (χ1n) is 11.2. The van der Waals surface area contributed by atoms with Crippen molar-refractivity contribution in [1.82, 2.24) is 19.9 Å². The lowest BCUT2D eigenvalue weighted by Gasteiger charge is -2.20. The molecule has 0 spiro atoms. The van der Waals surface area contributed by atoms with Gasteiger partial charge in [0.1, 0.15) is 17.3 Å². The first-order valence-corrected chi connectivity index (χ1v) is 11.2. The maximum absolute atomic E-state index is 12.5. The van der Waals surface area contributed by atoms with E-state index in [4.69, 9.17) is 0 Å². The fourth-order valence-electron chi connectivity index (χ4n) is 4.11. The standard InChI is InChI=1S/C25H24N6O2/c32-24(17-6-2-1-3-7-17)31-22-14-20-21(15-27-22)30-23(29-20)16-9-11-18(12-10-16)28-25(33)19-8-4-5-13-26-19/h4-5,8-15,17H,1-3,6-7H2,(H,28,33)(H,29,30)(H,27,31,32). The average molecular weight is 441 g/mol. The summed E-state index contributed by atoms with van der Waals surface area (Å²) in [4.78, 5) is 41.1.